The molecule has 0 saturated heterocycles. The summed E-state index contributed by atoms with van der Waals surface area (Å²) in [6.07, 6.45) is 1.21. The van der Waals surface area contributed by atoms with Gasteiger partial charge in [0, 0.05) is 24.5 Å². The van der Waals surface area contributed by atoms with E-state index in [4.69, 9.17) is 15.2 Å². The highest BCUT2D eigenvalue weighted by molar-refractivity contribution is 5.94. The van der Waals surface area contributed by atoms with Gasteiger partial charge in [-0.25, -0.2) is 9.59 Å². The van der Waals surface area contributed by atoms with Crippen molar-refractivity contribution in [2.24, 2.45) is 5.73 Å². The number of nitrogens with one attached hydrogen (secondary N) is 3. The predicted octanol–water partition coefficient (Wildman–Crippen LogP) is 5.68. The molecule has 5 rings (SSSR count). The second-order valence-electron chi connectivity index (χ2n) is 13.9. The summed E-state index contributed by atoms with van der Waals surface area (Å²) >= 11 is 0. The molecule has 0 saturated carbocycles. The largest absolute Gasteiger partial charge is 0.445 e. The Morgan fingerprint density at radius 3 is 1.89 bits per heavy atom. The van der Waals surface area contributed by atoms with Crippen LogP contribution in [-0.4, -0.2) is 58.8 Å². The minimum absolute atomic E-state index is 0.0848. The van der Waals surface area contributed by atoms with Gasteiger partial charge in [0.2, 0.25) is 11.8 Å². The zero-order valence-electron chi connectivity index (χ0n) is 30.3. The number of para-hydroxylation sites is 1. The Bertz CT molecular complexity index is 1980. The van der Waals surface area contributed by atoms with Gasteiger partial charge in [0.1, 0.15) is 18.2 Å². The third-order valence-corrected chi connectivity index (χ3v) is 8.45. The number of rotatable bonds is 14. The van der Waals surface area contributed by atoms with Crippen molar-refractivity contribution in [3.05, 3.63) is 144 Å². The first-order valence-corrected chi connectivity index (χ1v) is 17.7. The molecule has 11 nitrogen and oxygen atoms in total. The van der Waals surface area contributed by atoms with Crippen LogP contribution in [0.3, 0.4) is 0 Å². The van der Waals surface area contributed by atoms with E-state index in [0.29, 0.717) is 17.5 Å². The molecular formula is C42H47N5O6. The van der Waals surface area contributed by atoms with Gasteiger partial charge in [-0.1, -0.05) is 109 Å². The summed E-state index contributed by atoms with van der Waals surface area (Å²) in [7, 11) is 0. The maximum absolute atomic E-state index is 14.0. The zero-order chi connectivity index (χ0) is 37.8. The molecule has 5 aromatic rings. The van der Waals surface area contributed by atoms with E-state index in [1.54, 1.807) is 33.0 Å². The summed E-state index contributed by atoms with van der Waals surface area (Å²) in [6.45, 7) is 5.57. The monoisotopic (exact) mass is 717 g/mol. The van der Waals surface area contributed by atoms with Gasteiger partial charge in [-0.2, -0.15) is 0 Å². The summed E-state index contributed by atoms with van der Waals surface area (Å²) in [5, 5.41) is 9.46. The molecule has 276 valence electrons. The average molecular weight is 718 g/mol. The molecule has 0 spiro atoms. The number of alkyl carbamates (subject to hydrolysis) is 1. The fraction of sp³-hybridized carbons (Fsp3) is 0.286. The van der Waals surface area contributed by atoms with Crippen LogP contribution in [0.4, 0.5) is 9.59 Å². The van der Waals surface area contributed by atoms with Crippen LogP contribution >= 0.6 is 0 Å². The molecule has 0 aliphatic heterocycles. The van der Waals surface area contributed by atoms with Crippen LogP contribution < -0.4 is 21.7 Å². The smallest absolute Gasteiger partial charge is 0.419 e. The summed E-state index contributed by atoms with van der Waals surface area (Å²) in [5.41, 5.74) is 9.75. The van der Waals surface area contributed by atoms with E-state index in [-0.39, 0.29) is 26.0 Å². The lowest BCUT2D eigenvalue weighted by atomic mass is 10.0. The number of hydrogen-bond acceptors (Lipinski definition) is 7. The first kappa shape index (κ1) is 38.3. The van der Waals surface area contributed by atoms with Crippen LogP contribution in [0, 0.1) is 0 Å². The standard InChI is InChI=1S/C42H47N5O6/c1-42(2,3)53-41(51)47-27-32(34-21-13-14-22-37(34)47)25-35(43)38(48)46-36(24-30-17-9-5-10-18-30)39(49)45-33(23-29-15-7-4-8-16-29)26-44-40(50)52-28-31-19-11-6-12-20-31/h4-22,27,33,35-36H,23-26,28,43H2,1-3H3,(H,44,50)(H,45,49)(H,46,48)/t33-,35+,36+/m1/s1. The Hall–Kier alpha value is -5.94. The maximum atomic E-state index is 14.0. The van der Waals surface area contributed by atoms with Gasteiger partial charge in [0.15, 0.2) is 0 Å². The van der Waals surface area contributed by atoms with E-state index >= 15 is 0 Å². The summed E-state index contributed by atoms with van der Waals surface area (Å²) in [5.74, 6) is -0.964. The number of aromatic nitrogens is 1. The Balaban J connectivity index is 1.30. The summed E-state index contributed by atoms with van der Waals surface area (Å²) < 4.78 is 12.4. The van der Waals surface area contributed by atoms with E-state index in [1.165, 1.54) is 4.57 Å². The van der Waals surface area contributed by atoms with Gasteiger partial charge >= 0.3 is 12.2 Å². The fourth-order valence-corrected chi connectivity index (χ4v) is 5.90. The van der Waals surface area contributed by atoms with Crippen LogP contribution in [0.2, 0.25) is 0 Å². The van der Waals surface area contributed by atoms with Crippen LogP contribution in [0.25, 0.3) is 10.9 Å². The van der Waals surface area contributed by atoms with Crippen molar-refractivity contribution in [3.63, 3.8) is 0 Å². The van der Waals surface area contributed by atoms with Crippen molar-refractivity contribution in [1.82, 2.24) is 20.5 Å². The highest BCUT2D eigenvalue weighted by Crippen LogP contribution is 2.24. The molecule has 0 radical (unpaired) electrons. The molecule has 1 aromatic heterocycles. The average Bonchev–Trinajstić information content (AvgIpc) is 3.51. The Morgan fingerprint density at radius 2 is 1.26 bits per heavy atom. The summed E-state index contributed by atoms with van der Waals surface area (Å²) in [6, 6.07) is 33.1. The number of fused-ring (bicyclic) bond motifs is 1. The SMILES string of the molecule is CC(C)(C)OC(=O)n1cc(C[C@H](N)C(=O)N[C@@H](Cc2ccccc2)C(=O)N[C@@H](CNC(=O)OCc2ccccc2)Cc2ccccc2)c2ccccc21. The number of hydrogen-bond donors (Lipinski definition) is 4. The molecule has 0 aliphatic rings. The van der Waals surface area contributed by atoms with Crippen molar-refractivity contribution >= 4 is 34.9 Å². The Kier molecular flexibility index (Phi) is 13.0. The van der Waals surface area contributed by atoms with Crippen molar-refractivity contribution in [2.45, 2.75) is 70.4 Å². The minimum atomic E-state index is -1.04. The molecule has 3 amide bonds. The first-order valence-electron chi connectivity index (χ1n) is 17.7. The number of ether oxygens (including phenoxy) is 2. The van der Waals surface area contributed by atoms with Crippen LogP contribution in [-0.2, 0) is 44.9 Å². The summed E-state index contributed by atoms with van der Waals surface area (Å²) in [4.78, 5) is 53.4. The minimum Gasteiger partial charge on any atom is -0.445 e. The quantitative estimate of drug-likeness (QED) is 0.115. The second kappa shape index (κ2) is 18.0. The van der Waals surface area contributed by atoms with E-state index in [9.17, 15) is 19.2 Å². The van der Waals surface area contributed by atoms with E-state index in [0.717, 1.165) is 22.1 Å². The van der Waals surface area contributed by atoms with E-state index < -0.39 is 47.7 Å². The van der Waals surface area contributed by atoms with Gasteiger partial charge in [-0.3, -0.25) is 14.2 Å². The van der Waals surface area contributed by atoms with E-state index in [1.807, 2.05) is 109 Å². The van der Waals surface area contributed by atoms with Gasteiger partial charge in [-0.15, -0.1) is 0 Å². The molecule has 1 heterocycles. The van der Waals surface area contributed by atoms with Crippen LogP contribution in [0.5, 0.6) is 0 Å². The van der Waals surface area contributed by atoms with Crippen molar-refractivity contribution in [3.8, 4) is 0 Å². The Morgan fingerprint density at radius 1 is 0.698 bits per heavy atom. The highest BCUT2D eigenvalue weighted by Gasteiger charge is 2.28. The van der Waals surface area contributed by atoms with Gasteiger partial charge in [0.05, 0.1) is 17.6 Å². The lowest BCUT2D eigenvalue weighted by Gasteiger charge is -2.25. The molecular weight excluding hydrogens is 670 g/mol. The highest BCUT2D eigenvalue weighted by atomic mass is 16.6. The molecule has 0 unspecified atom stereocenters. The number of carbonyl (C=O) groups excluding carboxylic acids is 4. The number of nitrogens with two attached hydrogens (primary N) is 1. The predicted molar refractivity (Wildman–Crippen MR) is 204 cm³/mol. The fourth-order valence-electron chi connectivity index (χ4n) is 5.90. The first-order chi connectivity index (χ1) is 25.4. The topological polar surface area (TPSA) is 154 Å². The number of nitrogens with zero attached hydrogens (tertiary/aromatic N) is 1. The Labute approximate surface area is 309 Å². The van der Waals surface area contributed by atoms with Crippen molar-refractivity contribution < 1.29 is 28.7 Å². The molecule has 0 aliphatic carbocycles. The number of carbonyl (C=O) groups is 4. The van der Waals surface area contributed by atoms with Crippen molar-refractivity contribution in [1.29, 1.82) is 0 Å². The van der Waals surface area contributed by atoms with Gasteiger partial charge in [-0.05, 0) is 61.9 Å². The van der Waals surface area contributed by atoms with Crippen LogP contribution in [0.15, 0.2) is 121 Å². The molecule has 53 heavy (non-hydrogen) atoms. The normalized spacial score (nSPS) is 13.0. The molecule has 0 bridgehead atoms. The van der Waals surface area contributed by atoms with E-state index in [2.05, 4.69) is 16.0 Å². The second-order valence-corrected chi connectivity index (χ2v) is 13.9. The van der Waals surface area contributed by atoms with Gasteiger partial charge < -0.3 is 31.2 Å². The molecule has 11 heteroatoms. The molecule has 0 fully saturated rings. The molecule has 5 N–H and O–H groups in total. The number of amides is 3. The third-order valence-electron chi connectivity index (χ3n) is 8.45. The van der Waals surface area contributed by atoms with Crippen LogP contribution in [0.1, 0.15) is 43.0 Å². The maximum Gasteiger partial charge on any atom is 0.419 e. The third kappa shape index (κ3) is 11.5. The lowest BCUT2D eigenvalue weighted by Crippen LogP contribution is -2.56. The molecule has 3 atom stereocenters. The van der Waals surface area contributed by atoms with Gasteiger partial charge in [0.25, 0.3) is 0 Å². The zero-order valence-corrected chi connectivity index (χ0v) is 30.3. The lowest BCUT2D eigenvalue weighted by molar-refractivity contribution is -0.130. The van der Waals surface area contributed by atoms with Crippen molar-refractivity contribution in [2.75, 3.05) is 6.54 Å². The number of benzene rings is 4. The molecule has 4 aromatic carbocycles.